The number of ether oxygens (including phenoxy) is 1. The van der Waals surface area contributed by atoms with Crippen LogP contribution in [-0.2, 0) is 0 Å². The zero-order valence-corrected chi connectivity index (χ0v) is 14.7. The molecule has 0 aliphatic rings. The lowest BCUT2D eigenvalue weighted by Crippen LogP contribution is -2.18. The summed E-state index contributed by atoms with van der Waals surface area (Å²) in [5.41, 5.74) is 0.854. The van der Waals surface area contributed by atoms with E-state index in [9.17, 15) is 9.90 Å². The van der Waals surface area contributed by atoms with Crippen LogP contribution in [0.15, 0.2) is 48.5 Å². The number of aromatic hydroxyl groups is 1. The maximum Gasteiger partial charge on any atom is 0.196 e. The molecule has 2 aromatic carbocycles. The van der Waals surface area contributed by atoms with Crippen LogP contribution in [0.1, 0.15) is 49.5 Å². The Balaban J connectivity index is 2.08. The third kappa shape index (κ3) is 4.38. The van der Waals surface area contributed by atoms with E-state index in [0.29, 0.717) is 35.3 Å². The lowest BCUT2D eigenvalue weighted by atomic mass is 9.90. The first-order valence-electron chi connectivity index (χ1n) is 8.62. The minimum Gasteiger partial charge on any atom is -0.507 e. The van der Waals surface area contributed by atoms with Gasteiger partial charge in [0.15, 0.2) is 5.78 Å². The number of rotatable bonds is 8. The van der Waals surface area contributed by atoms with Gasteiger partial charge in [0.2, 0.25) is 0 Å². The summed E-state index contributed by atoms with van der Waals surface area (Å²) in [6.07, 6.45) is 2.18. The number of benzene rings is 2. The van der Waals surface area contributed by atoms with Gasteiger partial charge in [0.1, 0.15) is 11.5 Å². The second-order valence-electron chi connectivity index (χ2n) is 6.24. The molecule has 0 amide bonds. The standard InChI is InChI=1S/C21H26O3/c1-4-15(3)16(5-2)14-24-18-11-12-19(20(22)13-18)21(23)17-9-7-6-8-10-17/h6-13,15-16,22H,4-5,14H2,1-3H3. The fourth-order valence-electron chi connectivity index (χ4n) is 2.76. The summed E-state index contributed by atoms with van der Waals surface area (Å²) in [6.45, 7) is 7.20. The van der Waals surface area contributed by atoms with Gasteiger partial charge < -0.3 is 9.84 Å². The van der Waals surface area contributed by atoms with Crippen LogP contribution in [-0.4, -0.2) is 17.5 Å². The van der Waals surface area contributed by atoms with Crippen molar-refractivity contribution in [2.24, 2.45) is 11.8 Å². The molecule has 2 unspecified atom stereocenters. The molecule has 0 aliphatic heterocycles. The van der Waals surface area contributed by atoms with E-state index in [-0.39, 0.29) is 11.5 Å². The highest BCUT2D eigenvalue weighted by molar-refractivity contribution is 6.10. The van der Waals surface area contributed by atoms with Crippen LogP contribution in [0.3, 0.4) is 0 Å². The molecular formula is C21H26O3. The van der Waals surface area contributed by atoms with Crippen LogP contribution in [0.2, 0.25) is 0 Å². The molecule has 3 nitrogen and oxygen atoms in total. The molecule has 0 heterocycles. The van der Waals surface area contributed by atoms with Gasteiger partial charge in [-0.3, -0.25) is 4.79 Å². The van der Waals surface area contributed by atoms with Crippen LogP contribution in [0, 0.1) is 11.8 Å². The molecule has 2 aromatic rings. The SMILES string of the molecule is CCC(C)C(CC)COc1ccc(C(=O)c2ccccc2)c(O)c1. The van der Waals surface area contributed by atoms with Crippen molar-refractivity contribution < 1.29 is 14.6 Å². The normalized spacial score (nSPS) is 13.3. The Hall–Kier alpha value is -2.29. The maximum absolute atomic E-state index is 12.4. The van der Waals surface area contributed by atoms with Crippen LogP contribution in [0.25, 0.3) is 0 Å². The summed E-state index contributed by atoms with van der Waals surface area (Å²) in [5.74, 6) is 1.45. The molecule has 0 bridgehead atoms. The average molecular weight is 326 g/mol. The minimum atomic E-state index is -0.189. The van der Waals surface area contributed by atoms with Gasteiger partial charge in [-0.25, -0.2) is 0 Å². The van der Waals surface area contributed by atoms with Crippen molar-refractivity contribution in [3.05, 3.63) is 59.7 Å². The zero-order chi connectivity index (χ0) is 17.5. The minimum absolute atomic E-state index is 0.0436. The fourth-order valence-corrected chi connectivity index (χ4v) is 2.76. The van der Waals surface area contributed by atoms with Crippen LogP contribution >= 0.6 is 0 Å². The highest BCUT2D eigenvalue weighted by atomic mass is 16.5. The van der Waals surface area contributed by atoms with Crippen molar-refractivity contribution in [3.8, 4) is 11.5 Å². The van der Waals surface area contributed by atoms with E-state index in [1.165, 1.54) is 6.07 Å². The second-order valence-corrected chi connectivity index (χ2v) is 6.24. The topological polar surface area (TPSA) is 46.5 Å². The van der Waals surface area contributed by atoms with E-state index in [0.717, 1.165) is 12.8 Å². The van der Waals surface area contributed by atoms with Gasteiger partial charge in [0.05, 0.1) is 12.2 Å². The summed E-state index contributed by atoms with van der Waals surface area (Å²) in [7, 11) is 0. The molecule has 0 spiro atoms. The van der Waals surface area contributed by atoms with Gasteiger partial charge in [0.25, 0.3) is 0 Å². The quantitative estimate of drug-likeness (QED) is 0.689. The first-order chi connectivity index (χ1) is 11.6. The molecule has 0 aliphatic carbocycles. The Kier molecular flexibility index (Phi) is 6.42. The molecular weight excluding hydrogens is 300 g/mol. The highest BCUT2D eigenvalue weighted by Crippen LogP contribution is 2.27. The molecule has 3 heteroatoms. The van der Waals surface area contributed by atoms with Crippen molar-refractivity contribution in [2.45, 2.75) is 33.6 Å². The zero-order valence-electron chi connectivity index (χ0n) is 14.7. The van der Waals surface area contributed by atoms with Crippen molar-refractivity contribution in [1.82, 2.24) is 0 Å². The first-order valence-corrected chi connectivity index (χ1v) is 8.62. The first kappa shape index (κ1) is 18.1. The van der Waals surface area contributed by atoms with E-state index in [4.69, 9.17) is 4.74 Å². The number of hydrogen-bond donors (Lipinski definition) is 1. The molecule has 0 saturated carbocycles. The van der Waals surface area contributed by atoms with Gasteiger partial charge >= 0.3 is 0 Å². The number of carbonyl (C=O) groups excluding carboxylic acids is 1. The van der Waals surface area contributed by atoms with Gasteiger partial charge in [-0.1, -0.05) is 57.5 Å². The predicted octanol–water partition coefficient (Wildman–Crippen LogP) is 5.07. The van der Waals surface area contributed by atoms with E-state index in [1.807, 2.05) is 18.2 Å². The van der Waals surface area contributed by atoms with Crippen LogP contribution in [0.5, 0.6) is 11.5 Å². The van der Waals surface area contributed by atoms with Crippen molar-refractivity contribution in [2.75, 3.05) is 6.61 Å². The van der Waals surface area contributed by atoms with Crippen LogP contribution < -0.4 is 4.74 Å². The summed E-state index contributed by atoms with van der Waals surface area (Å²) < 4.78 is 5.83. The highest BCUT2D eigenvalue weighted by Gasteiger charge is 2.16. The second kappa shape index (κ2) is 8.53. The van der Waals surface area contributed by atoms with Gasteiger partial charge in [-0.05, 0) is 30.4 Å². The van der Waals surface area contributed by atoms with Gasteiger partial charge in [0, 0.05) is 11.6 Å². The predicted molar refractivity (Wildman–Crippen MR) is 96.7 cm³/mol. The van der Waals surface area contributed by atoms with Gasteiger partial charge in [-0.2, -0.15) is 0 Å². The van der Waals surface area contributed by atoms with E-state index in [1.54, 1.807) is 24.3 Å². The lowest BCUT2D eigenvalue weighted by molar-refractivity contribution is 0.103. The van der Waals surface area contributed by atoms with Crippen LogP contribution in [0.4, 0.5) is 0 Å². The van der Waals surface area contributed by atoms with E-state index < -0.39 is 0 Å². The van der Waals surface area contributed by atoms with Crippen molar-refractivity contribution >= 4 is 5.78 Å². The lowest BCUT2D eigenvalue weighted by Gasteiger charge is -2.21. The molecule has 0 radical (unpaired) electrons. The fraction of sp³-hybridized carbons (Fsp3) is 0.381. The molecule has 0 fully saturated rings. The molecule has 0 aromatic heterocycles. The van der Waals surface area contributed by atoms with E-state index >= 15 is 0 Å². The third-order valence-electron chi connectivity index (χ3n) is 4.69. The monoisotopic (exact) mass is 326 g/mol. The molecule has 128 valence electrons. The number of phenolic OH excluding ortho intramolecular Hbond substituents is 1. The smallest absolute Gasteiger partial charge is 0.196 e. The number of carbonyl (C=O) groups is 1. The maximum atomic E-state index is 12.4. The molecule has 2 rings (SSSR count). The summed E-state index contributed by atoms with van der Waals surface area (Å²) in [6, 6.07) is 13.9. The Morgan fingerprint density at radius 3 is 2.38 bits per heavy atom. The summed E-state index contributed by atoms with van der Waals surface area (Å²) in [4.78, 5) is 12.4. The average Bonchev–Trinajstić information content (AvgIpc) is 2.62. The van der Waals surface area contributed by atoms with Crippen molar-refractivity contribution in [1.29, 1.82) is 0 Å². The molecule has 2 atom stereocenters. The number of hydrogen-bond acceptors (Lipinski definition) is 3. The third-order valence-corrected chi connectivity index (χ3v) is 4.69. The molecule has 24 heavy (non-hydrogen) atoms. The Labute approximate surface area is 144 Å². The van der Waals surface area contributed by atoms with Crippen molar-refractivity contribution in [3.63, 3.8) is 0 Å². The largest absolute Gasteiger partial charge is 0.507 e. The number of phenols is 1. The Morgan fingerprint density at radius 1 is 1.08 bits per heavy atom. The number of ketones is 1. The molecule has 1 N–H and O–H groups in total. The summed E-state index contributed by atoms with van der Waals surface area (Å²) in [5, 5.41) is 10.2. The summed E-state index contributed by atoms with van der Waals surface area (Å²) >= 11 is 0. The Bertz CT molecular complexity index is 664. The Morgan fingerprint density at radius 2 is 1.79 bits per heavy atom. The molecule has 0 saturated heterocycles. The van der Waals surface area contributed by atoms with E-state index in [2.05, 4.69) is 20.8 Å². The van der Waals surface area contributed by atoms with Gasteiger partial charge in [-0.15, -0.1) is 0 Å².